The molecule has 2 aliphatic heterocycles. The van der Waals surface area contributed by atoms with E-state index in [0.717, 1.165) is 61.8 Å². The van der Waals surface area contributed by atoms with E-state index in [1.807, 2.05) is 41.8 Å². The van der Waals surface area contributed by atoms with E-state index in [2.05, 4.69) is 5.32 Å². The smallest absolute Gasteiger partial charge is 0.325 e. The highest BCUT2D eigenvalue weighted by molar-refractivity contribution is 8.00. The zero-order chi connectivity index (χ0) is 30.7. The van der Waals surface area contributed by atoms with Gasteiger partial charge in [0.1, 0.15) is 11.8 Å². The fraction of sp³-hybridized carbons (Fsp3) is 0.161. The van der Waals surface area contributed by atoms with Crippen molar-refractivity contribution in [2.24, 2.45) is 5.92 Å². The minimum Gasteiger partial charge on any atom is -0.325 e. The summed E-state index contributed by atoms with van der Waals surface area (Å²) in [5, 5.41) is 5.99. The van der Waals surface area contributed by atoms with Crippen LogP contribution < -0.4 is 15.1 Å². The number of carbonyl (C=O) groups excluding carboxylic acids is 3. The highest BCUT2D eigenvalue weighted by Crippen LogP contribution is 2.54. The molecule has 7 rings (SSSR count). The average molecular weight is 652 g/mol. The molecule has 0 saturated carbocycles. The Bertz CT molecular complexity index is 2020. The summed E-state index contributed by atoms with van der Waals surface area (Å²) < 4.78 is 41.7. The fourth-order valence-electron chi connectivity index (χ4n) is 5.72. The number of thiazole rings is 1. The molecule has 0 bridgehead atoms. The average Bonchev–Trinajstić information content (AvgIpc) is 3.69. The van der Waals surface area contributed by atoms with Crippen LogP contribution in [0.4, 0.5) is 24.5 Å². The monoisotopic (exact) mass is 651 g/mol. The van der Waals surface area contributed by atoms with E-state index in [1.54, 1.807) is 18.2 Å². The molecule has 0 radical (unpaired) electrons. The highest BCUT2D eigenvalue weighted by Gasteiger charge is 2.57. The Morgan fingerprint density at radius 1 is 0.886 bits per heavy atom. The first-order chi connectivity index (χ1) is 21.1. The van der Waals surface area contributed by atoms with Crippen molar-refractivity contribution in [1.82, 2.24) is 4.57 Å². The predicted octanol–water partition coefficient (Wildman–Crippen LogP) is 6.58. The van der Waals surface area contributed by atoms with Crippen LogP contribution in [-0.4, -0.2) is 27.5 Å². The van der Waals surface area contributed by atoms with Crippen molar-refractivity contribution in [2.45, 2.75) is 28.9 Å². The molecule has 2 aliphatic rings. The molecule has 7 nitrogen and oxygen atoms in total. The normalized spacial score (nSPS) is 19.7. The van der Waals surface area contributed by atoms with Crippen LogP contribution in [-0.2, 0) is 27.1 Å². The van der Waals surface area contributed by atoms with E-state index in [4.69, 9.17) is 0 Å². The number of hydrogen-bond donors (Lipinski definition) is 1. The van der Waals surface area contributed by atoms with E-state index in [9.17, 15) is 32.3 Å². The number of thioether (sulfide) groups is 1. The molecule has 3 atom stereocenters. The Kier molecular flexibility index (Phi) is 6.98. The van der Waals surface area contributed by atoms with Crippen molar-refractivity contribution in [3.05, 3.63) is 109 Å². The molecule has 2 aromatic heterocycles. The molecule has 3 aromatic carbocycles. The molecule has 1 fully saturated rings. The van der Waals surface area contributed by atoms with Crippen molar-refractivity contribution in [3.63, 3.8) is 0 Å². The van der Waals surface area contributed by atoms with Gasteiger partial charge in [0.25, 0.3) is 0 Å². The van der Waals surface area contributed by atoms with Gasteiger partial charge in [-0.05, 0) is 52.6 Å². The molecule has 222 valence electrons. The number of benzene rings is 3. The molecule has 13 heteroatoms. The van der Waals surface area contributed by atoms with E-state index < -0.39 is 51.4 Å². The number of rotatable bonds is 5. The lowest BCUT2D eigenvalue weighted by atomic mass is 9.87. The van der Waals surface area contributed by atoms with Crippen LogP contribution in [0.2, 0.25) is 0 Å². The lowest BCUT2D eigenvalue weighted by Crippen LogP contribution is -2.32. The van der Waals surface area contributed by atoms with Gasteiger partial charge in [-0.15, -0.1) is 11.3 Å². The maximum Gasteiger partial charge on any atom is 0.416 e. The summed E-state index contributed by atoms with van der Waals surface area (Å²) in [6.45, 7) is -0.321. The molecule has 3 unspecified atom stereocenters. The third-order valence-electron chi connectivity index (χ3n) is 7.67. The van der Waals surface area contributed by atoms with Crippen LogP contribution in [0.5, 0.6) is 0 Å². The van der Waals surface area contributed by atoms with Crippen LogP contribution in [0.1, 0.15) is 21.2 Å². The number of hydrogen-bond acceptors (Lipinski definition) is 7. The number of imide groups is 1. The summed E-state index contributed by atoms with van der Waals surface area (Å²) in [4.78, 5) is 55.8. The zero-order valence-electron chi connectivity index (χ0n) is 22.4. The Morgan fingerprint density at radius 2 is 1.68 bits per heavy atom. The minimum absolute atomic E-state index is 0.162. The van der Waals surface area contributed by atoms with Crippen molar-refractivity contribution >= 4 is 74.3 Å². The Labute approximate surface area is 259 Å². The molecule has 1 N–H and O–H groups in total. The molecule has 44 heavy (non-hydrogen) atoms. The summed E-state index contributed by atoms with van der Waals surface area (Å²) >= 11 is 3.28. The van der Waals surface area contributed by atoms with Crippen LogP contribution in [0.25, 0.3) is 10.8 Å². The second-order valence-electron chi connectivity index (χ2n) is 10.4. The third kappa shape index (κ3) is 4.84. The van der Waals surface area contributed by atoms with Gasteiger partial charge >= 0.3 is 11.0 Å². The lowest BCUT2D eigenvalue weighted by Gasteiger charge is -2.29. The first-order valence-electron chi connectivity index (χ1n) is 13.4. The Hall–Kier alpha value is -4.20. The second kappa shape index (κ2) is 10.8. The zero-order valence-corrected chi connectivity index (χ0v) is 24.9. The van der Waals surface area contributed by atoms with Gasteiger partial charge in [0, 0.05) is 21.4 Å². The molecule has 4 heterocycles. The molecule has 0 spiro atoms. The minimum atomic E-state index is -4.66. The number of nitrogens with one attached hydrogen (secondary N) is 1. The first kappa shape index (κ1) is 28.6. The van der Waals surface area contributed by atoms with Gasteiger partial charge < -0.3 is 5.32 Å². The largest absolute Gasteiger partial charge is 0.416 e. The van der Waals surface area contributed by atoms with Gasteiger partial charge in [0.15, 0.2) is 0 Å². The third-order valence-corrected chi connectivity index (χ3v) is 11.2. The number of nitrogens with zero attached hydrogens (tertiary/aromatic N) is 2. The summed E-state index contributed by atoms with van der Waals surface area (Å²) in [6, 6.07) is 20.9. The van der Waals surface area contributed by atoms with E-state index in [-0.39, 0.29) is 12.2 Å². The highest BCUT2D eigenvalue weighted by atomic mass is 32.2. The van der Waals surface area contributed by atoms with E-state index in [1.165, 1.54) is 22.0 Å². The maximum atomic E-state index is 13.9. The van der Waals surface area contributed by atoms with Gasteiger partial charge in [-0.1, -0.05) is 65.6 Å². The number of fused-ring (bicyclic) bond motifs is 3. The molecule has 0 aliphatic carbocycles. The number of carbonyl (C=O) groups is 3. The summed E-state index contributed by atoms with van der Waals surface area (Å²) in [6.07, 6.45) is -4.66. The predicted molar refractivity (Wildman–Crippen MR) is 164 cm³/mol. The molecule has 1 saturated heterocycles. The van der Waals surface area contributed by atoms with Gasteiger partial charge in [-0.3, -0.25) is 23.7 Å². The van der Waals surface area contributed by atoms with Crippen molar-refractivity contribution in [3.8, 4) is 0 Å². The molecular weight excluding hydrogens is 632 g/mol. The van der Waals surface area contributed by atoms with Crippen LogP contribution in [0, 0.1) is 5.92 Å². The first-order valence-corrected chi connectivity index (χ1v) is 15.9. The molecular formula is C31H20F3N3O4S3. The van der Waals surface area contributed by atoms with Crippen LogP contribution in [0.15, 0.2) is 94.1 Å². The van der Waals surface area contributed by atoms with Crippen molar-refractivity contribution in [2.75, 3.05) is 10.2 Å². The van der Waals surface area contributed by atoms with Crippen molar-refractivity contribution in [1.29, 1.82) is 0 Å². The summed E-state index contributed by atoms with van der Waals surface area (Å²) in [5.41, 5.74) is -0.577. The second-order valence-corrected chi connectivity index (χ2v) is 13.5. The number of aromatic nitrogens is 1. The molecule has 5 aromatic rings. The number of halogens is 3. The number of alkyl halides is 3. The van der Waals surface area contributed by atoms with E-state index in [0.29, 0.717) is 15.6 Å². The number of anilines is 2. The lowest BCUT2D eigenvalue weighted by molar-refractivity contribution is -0.137. The molecule has 3 amide bonds. The van der Waals surface area contributed by atoms with Crippen molar-refractivity contribution < 1.29 is 27.6 Å². The summed E-state index contributed by atoms with van der Waals surface area (Å²) in [5.74, 6) is -3.35. The quantitative estimate of drug-likeness (QED) is 0.217. The summed E-state index contributed by atoms with van der Waals surface area (Å²) in [7, 11) is 0. The SMILES string of the molecule is O=C(Cn1c2c(sc1=O)C(c1cccs1)C1C(=O)N(c3cccc(C(F)(F)F)c3)C(=O)C1S2)Nc1ccc2ccccc2c1. The van der Waals surface area contributed by atoms with Gasteiger partial charge in [-0.25, -0.2) is 4.90 Å². The van der Waals surface area contributed by atoms with Crippen LogP contribution >= 0.6 is 34.4 Å². The number of amides is 3. The van der Waals surface area contributed by atoms with Gasteiger partial charge in [-0.2, -0.15) is 13.2 Å². The van der Waals surface area contributed by atoms with Gasteiger partial charge in [0.2, 0.25) is 17.7 Å². The van der Waals surface area contributed by atoms with Gasteiger partial charge in [0.05, 0.1) is 22.2 Å². The Balaban J connectivity index is 1.23. The van der Waals surface area contributed by atoms with Crippen LogP contribution in [0.3, 0.4) is 0 Å². The van der Waals surface area contributed by atoms with E-state index >= 15 is 0 Å². The Morgan fingerprint density at radius 3 is 2.43 bits per heavy atom. The topological polar surface area (TPSA) is 88.5 Å². The standard InChI is InChI=1S/C31H20F3N3O4S3/c32-31(33,34)18-7-3-8-20(14-18)37-27(39)24-23(21-9-4-12-42-21)26-29(43-25(24)28(37)40)36(30(41)44-26)15-22(38)35-19-11-10-16-5-1-2-6-17(16)13-19/h1-14,23-25H,15H2,(H,35,38). The fourth-order valence-corrected chi connectivity index (χ4v) is 9.44. The maximum absolute atomic E-state index is 13.9. The number of thiophene rings is 1.